The summed E-state index contributed by atoms with van der Waals surface area (Å²) in [6.07, 6.45) is 8.07. The summed E-state index contributed by atoms with van der Waals surface area (Å²) < 4.78 is 0. The van der Waals surface area contributed by atoms with Crippen molar-refractivity contribution in [3.8, 4) is 0 Å². The summed E-state index contributed by atoms with van der Waals surface area (Å²) >= 11 is 0. The highest BCUT2D eigenvalue weighted by atomic mass is 28.3. The van der Waals surface area contributed by atoms with Gasteiger partial charge >= 0.3 is 0 Å². The number of hydrogen-bond acceptors (Lipinski definition) is 0. The van der Waals surface area contributed by atoms with Crippen LogP contribution in [-0.4, -0.2) is 8.07 Å². The first-order valence-electron chi connectivity index (χ1n) is 6.44. The highest BCUT2D eigenvalue weighted by Crippen LogP contribution is 2.54. The Morgan fingerprint density at radius 1 is 1.00 bits per heavy atom. The average molecular weight is 208 g/mol. The van der Waals surface area contributed by atoms with Crippen molar-refractivity contribution in [3.63, 3.8) is 0 Å². The van der Waals surface area contributed by atoms with Crippen molar-refractivity contribution in [1.82, 2.24) is 0 Å². The molecule has 1 heteroatoms. The van der Waals surface area contributed by atoms with E-state index in [1.54, 1.807) is 6.42 Å². The number of allylic oxidation sites excluding steroid dienone is 2. The Kier molecular flexibility index (Phi) is 2.87. The zero-order chi connectivity index (χ0) is 10.2. The SMILES string of the molecule is CC[Si](CC)(CC)[C@@H]1C[C@@H]2C=C[C@H]1C2. The third-order valence-electron chi connectivity index (χ3n) is 5.18. The van der Waals surface area contributed by atoms with Crippen LogP contribution in [0, 0.1) is 11.8 Å². The van der Waals surface area contributed by atoms with Gasteiger partial charge in [0, 0.05) is 0 Å². The monoisotopic (exact) mass is 208 g/mol. The van der Waals surface area contributed by atoms with Crippen molar-refractivity contribution >= 4 is 8.07 Å². The molecule has 2 rings (SSSR count). The molecule has 0 radical (unpaired) electrons. The summed E-state index contributed by atoms with van der Waals surface area (Å²) in [5.74, 6) is 1.97. The Labute approximate surface area is 89.8 Å². The van der Waals surface area contributed by atoms with Crippen molar-refractivity contribution in [3.05, 3.63) is 12.2 Å². The van der Waals surface area contributed by atoms with E-state index >= 15 is 0 Å². The van der Waals surface area contributed by atoms with Gasteiger partial charge in [0.15, 0.2) is 0 Å². The number of fused-ring (bicyclic) bond motifs is 2. The smallest absolute Gasteiger partial charge is 0.0564 e. The molecule has 2 bridgehead atoms. The van der Waals surface area contributed by atoms with Gasteiger partial charge in [0.2, 0.25) is 0 Å². The Morgan fingerprint density at radius 2 is 1.64 bits per heavy atom. The van der Waals surface area contributed by atoms with Gasteiger partial charge in [-0.05, 0) is 30.2 Å². The van der Waals surface area contributed by atoms with Gasteiger partial charge < -0.3 is 0 Å². The second kappa shape index (κ2) is 3.84. The van der Waals surface area contributed by atoms with E-state index in [0.717, 1.165) is 17.4 Å². The van der Waals surface area contributed by atoms with Crippen LogP contribution in [-0.2, 0) is 0 Å². The largest absolute Gasteiger partial charge is 0.0851 e. The minimum absolute atomic E-state index is 0.889. The maximum atomic E-state index is 2.54. The molecule has 2 aliphatic carbocycles. The van der Waals surface area contributed by atoms with E-state index in [9.17, 15) is 0 Å². The molecule has 1 saturated carbocycles. The van der Waals surface area contributed by atoms with Gasteiger partial charge in [-0.15, -0.1) is 0 Å². The van der Waals surface area contributed by atoms with Crippen molar-refractivity contribution < 1.29 is 0 Å². The molecule has 3 atom stereocenters. The van der Waals surface area contributed by atoms with Crippen molar-refractivity contribution in [2.24, 2.45) is 11.8 Å². The first-order valence-corrected chi connectivity index (χ1v) is 9.14. The summed E-state index contributed by atoms with van der Waals surface area (Å²) in [6, 6.07) is 4.55. The Bertz CT molecular complexity index is 219. The van der Waals surface area contributed by atoms with Gasteiger partial charge in [0.05, 0.1) is 8.07 Å². The average Bonchev–Trinajstić information content (AvgIpc) is 2.83. The van der Waals surface area contributed by atoms with Gasteiger partial charge in [-0.1, -0.05) is 51.1 Å². The zero-order valence-electron chi connectivity index (χ0n) is 9.92. The van der Waals surface area contributed by atoms with Crippen LogP contribution in [0.2, 0.25) is 23.7 Å². The lowest BCUT2D eigenvalue weighted by Crippen LogP contribution is -2.39. The van der Waals surface area contributed by atoms with Gasteiger partial charge in [-0.3, -0.25) is 0 Å². The molecule has 0 N–H and O–H groups in total. The molecular formula is C13H24Si. The fraction of sp³-hybridized carbons (Fsp3) is 0.846. The summed E-state index contributed by atoms with van der Waals surface area (Å²) in [5.41, 5.74) is 1.14. The first kappa shape index (κ1) is 10.5. The predicted octanol–water partition coefficient (Wildman–Crippen LogP) is 4.46. The summed E-state index contributed by atoms with van der Waals surface area (Å²) in [5, 5.41) is 0. The lowest BCUT2D eigenvalue weighted by molar-refractivity contribution is 0.660. The van der Waals surface area contributed by atoms with E-state index in [0.29, 0.717) is 0 Å². The van der Waals surface area contributed by atoms with Crippen LogP contribution < -0.4 is 0 Å². The topological polar surface area (TPSA) is 0 Å². The van der Waals surface area contributed by atoms with Crippen molar-refractivity contribution in [2.45, 2.75) is 57.3 Å². The minimum Gasteiger partial charge on any atom is -0.0851 e. The van der Waals surface area contributed by atoms with Gasteiger partial charge in [-0.2, -0.15) is 0 Å². The van der Waals surface area contributed by atoms with E-state index < -0.39 is 8.07 Å². The third kappa shape index (κ3) is 1.41. The van der Waals surface area contributed by atoms with Crippen LogP contribution >= 0.6 is 0 Å². The van der Waals surface area contributed by atoms with Crippen LogP contribution in [0.15, 0.2) is 12.2 Å². The molecule has 14 heavy (non-hydrogen) atoms. The molecule has 2 aliphatic rings. The minimum atomic E-state index is -0.889. The Morgan fingerprint density at radius 3 is 2.00 bits per heavy atom. The molecule has 0 aromatic carbocycles. The number of rotatable bonds is 4. The summed E-state index contributed by atoms with van der Waals surface area (Å²) in [7, 11) is -0.889. The molecule has 0 amide bonds. The lowest BCUT2D eigenvalue weighted by Gasteiger charge is -2.38. The van der Waals surface area contributed by atoms with Crippen LogP contribution in [0.3, 0.4) is 0 Å². The first-order chi connectivity index (χ1) is 6.75. The molecule has 0 nitrogen and oxygen atoms in total. The molecule has 0 aromatic heterocycles. The highest BCUT2D eigenvalue weighted by Gasteiger charge is 2.46. The van der Waals surface area contributed by atoms with E-state index in [4.69, 9.17) is 0 Å². The summed E-state index contributed by atoms with van der Waals surface area (Å²) in [4.78, 5) is 0. The Hall–Kier alpha value is -0.0431. The Balaban J connectivity index is 2.16. The molecule has 0 aliphatic heterocycles. The molecule has 1 fully saturated rings. The zero-order valence-corrected chi connectivity index (χ0v) is 10.9. The molecule has 0 unspecified atom stereocenters. The fourth-order valence-corrected chi connectivity index (χ4v) is 9.05. The van der Waals surface area contributed by atoms with Crippen molar-refractivity contribution in [1.29, 1.82) is 0 Å². The number of hydrogen-bond donors (Lipinski definition) is 0. The second-order valence-corrected chi connectivity index (χ2v) is 10.9. The van der Waals surface area contributed by atoms with Crippen LogP contribution in [0.25, 0.3) is 0 Å². The maximum absolute atomic E-state index is 2.54. The van der Waals surface area contributed by atoms with Gasteiger partial charge in [0.1, 0.15) is 0 Å². The van der Waals surface area contributed by atoms with Gasteiger partial charge in [-0.25, -0.2) is 0 Å². The van der Waals surface area contributed by atoms with Crippen molar-refractivity contribution in [2.75, 3.05) is 0 Å². The van der Waals surface area contributed by atoms with E-state index in [-0.39, 0.29) is 0 Å². The van der Waals surface area contributed by atoms with E-state index in [1.165, 1.54) is 24.6 Å². The molecular weight excluding hydrogens is 184 g/mol. The quantitative estimate of drug-likeness (QED) is 0.472. The summed E-state index contributed by atoms with van der Waals surface area (Å²) in [6.45, 7) is 7.36. The fourth-order valence-electron chi connectivity index (χ4n) is 4.02. The van der Waals surface area contributed by atoms with E-state index in [2.05, 4.69) is 32.9 Å². The molecule has 0 saturated heterocycles. The standard InChI is InChI=1S/C13H24Si/c1-4-14(5-2,6-3)13-10-11-7-8-12(13)9-11/h7-8,11-13H,4-6,9-10H2,1-3H3/t11-,12+,13-/m1/s1. The van der Waals surface area contributed by atoms with Crippen LogP contribution in [0.5, 0.6) is 0 Å². The third-order valence-corrected chi connectivity index (χ3v) is 11.6. The van der Waals surface area contributed by atoms with Crippen LogP contribution in [0.1, 0.15) is 33.6 Å². The molecule has 0 aromatic rings. The molecule has 80 valence electrons. The maximum Gasteiger partial charge on any atom is 0.0564 e. The van der Waals surface area contributed by atoms with Crippen LogP contribution in [0.4, 0.5) is 0 Å². The van der Waals surface area contributed by atoms with Gasteiger partial charge in [0.25, 0.3) is 0 Å². The molecule has 0 spiro atoms. The molecule has 0 heterocycles. The lowest BCUT2D eigenvalue weighted by atomic mass is 10.1. The predicted molar refractivity (Wildman–Crippen MR) is 66.3 cm³/mol. The highest BCUT2D eigenvalue weighted by molar-refractivity contribution is 6.81. The second-order valence-electron chi connectivity index (χ2n) is 5.31. The van der Waals surface area contributed by atoms with E-state index in [1.807, 2.05) is 0 Å². The normalized spacial score (nSPS) is 35.5.